The maximum absolute atomic E-state index is 12.8. The zero-order valence-electron chi connectivity index (χ0n) is 22.2. The smallest absolute Gasteiger partial charge is 0.294 e. The number of nitrogens with zero attached hydrogens (tertiary/aromatic N) is 4. The zero-order valence-corrected chi connectivity index (χ0v) is 22.2. The monoisotopic (exact) mass is 549 g/mol. The topological polar surface area (TPSA) is 149 Å². The first kappa shape index (κ1) is 27.7. The van der Waals surface area contributed by atoms with Crippen molar-refractivity contribution in [2.75, 3.05) is 28.4 Å². The normalized spacial score (nSPS) is 10.5. The van der Waals surface area contributed by atoms with Gasteiger partial charge in [-0.15, -0.1) is 5.10 Å². The highest BCUT2D eigenvalue weighted by atomic mass is 16.6. The molecular weight excluding hydrogens is 522 g/mol. The summed E-state index contributed by atoms with van der Waals surface area (Å²) < 4.78 is 28.6. The summed E-state index contributed by atoms with van der Waals surface area (Å²) in [5, 5.41) is 22.2. The summed E-state index contributed by atoms with van der Waals surface area (Å²) in [7, 11) is 5.95. The SMILES string of the molecule is COc1cc(CNC(=O)c2cc(OC)c(OC)c(OC)c2)ccc1OCc1cn(-c2ccccc2[N+](=O)[O-])nn1. The number of hydrogen-bond acceptors (Lipinski definition) is 10. The summed E-state index contributed by atoms with van der Waals surface area (Å²) in [6.07, 6.45) is 1.56. The van der Waals surface area contributed by atoms with Crippen molar-refractivity contribution in [2.45, 2.75) is 13.2 Å². The molecule has 208 valence electrons. The van der Waals surface area contributed by atoms with Crippen molar-refractivity contribution in [1.29, 1.82) is 0 Å². The Morgan fingerprint density at radius 3 is 2.27 bits per heavy atom. The maximum Gasteiger partial charge on any atom is 0.294 e. The molecule has 4 rings (SSSR count). The van der Waals surface area contributed by atoms with E-state index in [-0.39, 0.29) is 24.7 Å². The molecule has 1 N–H and O–H groups in total. The lowest BCUT2D eigenvalue weighted by Crippen LogP contribution is -2.23. The lowest BCUT2D eigenvalue weighted by Gasteiger charge is -2.14. The number of nitro groups is 1. The van der Waals surface area contributed by atoms with Gasteiger partial charge in [-0.1, -0.05) is 23.4 Å². The van der Waals surface area contributed by atoms with Gasteiger partial charge in [-0.2, -0.15) is 0 Å². The van der Waals surface area contributed by atoms with Gasteiger partial charge in [-0.25, -0.2) is 4.68 Å². The van der Waals surface area contributed by atoms with Crippen molar-refractivity contribution in [2.24, 2.45) is 0 Å². The van der Waals surface area contributed by atoms with E-state index >= 15 is 0 Å². The van der Waals surface area contributed by atoms with Crippen LogP contribution in [0.5, 0.6) is 28.7 Å². The van der Waals surface area contributed by atoms with Crippen molar-refractivity contribution < 1.29 is 33.4 Å². The van der Waals surface area contributed by atoms with Crippen LogP contribution < -0.4 is 29.0 Å². The minimum Gasteiger partial charge on any atom is -0.493 e. The van der Waals surface area contributed by atoms with E-state index in [1.54, 1.807) is 54.7 Å². The first-order chi connectivity index (χ1) is 19.4. The van der Waals surface area contributed by atoms with E-state index in [0.29, 0.717) is 45.7 Å². The van der Waals surface area contributed by atoms with Crippen molar-refractivity contribution >= 4 is 11.6 Å². The number of carbonyl (C=O) groups is 1. The van der Waals surface area contributed by atoms with E-state index in [2.05, 4.69) is 15.6 Å². The summed E-state index contributed by atoms with van der Waals surface area (Å²) in [6, 6.07) is 14.6. The van der Waals surface area contributed by atoms with Gasteiger partial charge in [-0.3, -0.25) is 14.9 Å². The fraction of sp³-hybridized carbons (Fsp3) is 0.222. The second-order valence-electron chi connectivity index (χ2n) is 8.27. The molecular formula is C27H27N5O8. The molecule has 0 fully saturated rings. The van der Waals surface area contributed by atoms with Crippen LogP contribution in [-0.4, -0.2) is 54.3 Å². The average molecular weight is 550 g/mol. The molecule has 0 aliphatic rings. The van der Waals surface area contributed by atoms with Crippen LogP contribution in [0.25, 0.3) is 5.69 Å². The molecule has 40 heavy (non-hydrogen) atoms. The second kappa shape index (κ2) is 12.5. The molecule has 4 aromatic rings. The van der Waals surface area contributed by atoms with Crippen LogP contribution in [0.4, 0.5) is 5.69 Å². The Labute approximate surface area is 229 Å². The van der Waals surface area contributed by atoms with Crippen LogP contribution in [-0.2, 0) is 13.2 Å². The van der Waals surface area contributed by atoms with Crippen LogP contribution in [0.3, 0.4) is 0 Å². The highest BCUT2D eigenvalue weighted by molar-refractivity contribution is 5.95. The van der Waals surface area contributed by atoms with E-state index in [4.69, 9.17) is 23.7 Å². The number of amides is 1. The Kier molecular flexibility index (Phi) is 8.64. The Morgan fingerprint density at radius 2 is 1.62 bits per heavy atom. The van der Waals surface area contributed by atoms with Crippen LogP contribution in [0.2, 0.25) is 0 Å². The van der Waals surface area contributed by atoms with Gasteiger partial charge in [0.05, 0.1) is 39.6 Å². The Bertz CT molecular complexity index is 1500. The van der Waals surface area contributed by atoms with Crippen LogP contribution >= 0.6 is 0 Å². The largest absolute Gasteiger partial charge is 0.493 e. The van der Waals surface area contributed by atoms with Crippen LogP contribution in [0, 0.1) is 10.1 Å². The predicted molar refractivity (Wildman–Crippen MR) is 143 cm³/mol. The van der Waals surface area contributed by atoms with Gasteiger partial charge in [0.1, 0.15) is 18.0 Å². The minimum atomic E-state index is -0.479. The number of ether oxygens (including phenoxy) is 5. The molecule has 0 unspecified atom stereocenters. The lowest BCUT2D eigenvalue weighted by molar-refractivity contribution is -0.384. The zero-order chi connectivity index (χ0) is 28.6. The molecule has 0 saturated heterocycles. The highest BCUT2D eigenvalue weighted by Gasteiger charge is 2.18. The van der Waals surface area contributed by atoms with Crippen molar-refractivity contribution in [3.05, 3.63) is 87.7 Å². The number of rotatable bonds is 12. The number of hydrogen-bond donors (Lipinski definition) is 1. The second-order valence-corrected chi connectivity index (χ2v) is 8.27. The van der Waals surface area contributed by atoms with Crippen molar-refractivity contribution in [1.82, 2.24) is 20.3 Å². The van der Waals surface area contributed by atoms with Crippen molar-refractivity contribution in [3.8, 4) is 34.4 Å². The molecule has 0 spiro atoms. The molecule has 0 aliphatic heterocycles. The van der Waals surface area contributed by atoms with Crippen molar-refractivity contribution in [3.63, 3.8) is 0 Å². The first-order valence-corrected chi connectivity index (χ1v) is 11.9. The summed E-state index contributed by atoms with van der Waals surface area (Å²) in [4.78, 5) is 23.7. The molecule has 1 aromatic heterocycles. The van der Waals surface area contributed by atoms with Gasteiger partial charge in [0.2, 0.25) is 5.75 Å². The predicted octanol–water partition coefficient (Wildman–Crippen LogP) is 3.72. The Hall–Kier alpha value is -5.33. The summed E-state index contributed by atoms with van der Waals surface area (Å²) in [5.74, 6) is 1.70. The average Bonchev–Trinajstić information content (AvgIpc) is 3.47. The molecule has 0 saturated carbocycles. The minimum absolute atomic E-state index is 0.0498. The number of carbonyl (C=O) groups excluding carboxylic acids is 1. The summed E-state index contributed by atoms with van der Waals surface area (Å²) >= 11 is 0. The van der Waals surface area contributed by atoms with Gasteiger partial charge in [0, 0.05) is 18.2 Å². The molecule has 1 amide bonds. The third kappa shape index (κ3) is 6.04. The maximum atomic E-state index is 12.8. The number of nitro benzene ring substituents is 1. The fourth-order valence-corrected chi connectivity index (χ4v) is 3.88. The van der Waals surface area contributed by atoms with Gasteiger partial charge in [0.15, 0.2) is 23.0 Å². The molecule has 0 atom stereocenters. The summed E-state index contributed by atoms with van der Waals surface area (Å²) in [5.41, 5.74) is 1.78. The molecule has 13 nitrogen and oxygen atoms in total. The first-order valence-electron chi connectivity index (χ1n) is 11.9. The Morgan fingerprint density at radius 1 is 0.925 bits per heavy atom. The van der Waals surface area contributed by atoms with E-state index < -0.39 is 4.92 Å². The lowest BCUT2D eigenvalue weighted by atomic mass is 10.1. The molecule has 1 heterocycles. The molecule has 0 radical (unpaired) electrons. The molecule has 0 aliphatic carbocycles. The van der Waals surface area contributed by atoms with E-state index in [0.717, 1.165) is 5.56 Å². The third-order valence-electron chi connectivity index (χ3n) is 5.85. The molecule has 3 aromatic carbocycles. The molecule has 13 heteroatoms. The number of para-hydroxylation sites is 2. The molecule has 0 bridgehead atoms. The number of methoxy groups -OCH3 is 4. The number of nitrogens with one attached hydrogen (secondary N) is 1. The van der Waals surface area contributed by atoms with Crippen LogP contribution in [0.1, 0.15) is 21.6 Å². The van der Waals surface area contributed by atoms with Gasteiger partial charge in [0.25, 0.3) is 11.6 Å². The van der Waals surface area contributed by atoms with E-state index in [9.17, 15) is 14.9 Å². The summed E-state index contributed by atoms with van der Waals surface area (Å²) in [6.45, 7) is 0.268. The van der Waals surface area contributed by atoms with Gasteiger partial charge < -0.3 is 29.0 Å². The van der Waals surface area contributed by atoms with E-state index in [1.807, 2.05) is 0 Å². The van der Waals surface area contributed by atoms with E-state index in [1.165, 1.54) is 39.2 Å². The third-order valence-corrected chi connectivity index (χ3v) is 5.85. The van der Waals surface area contributed by atoms with Gasteiger partial charge in [-0.05, 0) is 35.9 Å². The quantitative estimate of drug-likeness (QED) is 0.205. The highest BCUT2D eigenvalue weighted by Crippen LogP contribution is 2.38. The standard InChI is InChI=1S/C27H27N5O8/c1-36-23-11-17(14-28-27(33)18-12-24(37-2)26(39-4)25(13-18)38-3)9-10-22(23)40-16-19-15-31(30-29-19)20-7-5-6-8-21(20)32(34)35/h5-13,15H,14,16H2,1-4H3,(H,28,33). The fourth-order valence-electron chi connectivity index (χ4n) is 3.88. The number of benzene rings is 3. The number of aromatic nitrogens is 3. The van der Waals surface area contributed by atoms with Gasteiger partial charge >= 0.3 is 0 Å². The van der Waals surface area contributed by atoms with Crippen LogP contribution in [0.15, 0.2) is 60.8 Å². The Balaban J connectivity index is 1.41.